The summed E-state index contributed by atoms with van der Waals surface area (Å²) in [5.41, 5.74) is 4.02. The van der Waals surface area contributed by atoms with Gasteiger partial charge >= 0.3 is 5.97 Å². The summed E-state index contributed by atoms with van der Waals surface area (Å²) in [5.74, 6) is 0.0271. The highest BCUT2D eigenvalue weighted by Crippen LogP contribution is 2.49. The van der Waals surface area contributed by atoms with E-state index in [1.54, 1.807) is 20.3 Å². The molecule has 0 bridgehead atoms. The number of Topliss-reactive ketones (excluding diaryl/α,β-unsaturated/α-hetero) is 1. The van der Waals surface area contributed by atoms with Crippen molar-refractivity contribution in [2.45, 2.75) is 46.1 Å². The number of carbonyl (C=O) groups excluding carboxylic acids is 2. The van der Waals surface area contributed by atoms with Gasteiger partial charge in [0, 0.05) is 33.8 Å². The maximum Gasteiger partial charge on any atom is 0.337 e. The molecule has 0 fully saturated rings. The Labute approximate surface area is 214 Å². The third-order valence-electron chi connectivity index (χ3n) is 6.49. The van der Waals surface area contributed by atoms with Gasteiger partial charge in [-0.1, -0.05) is 60.1 Å². The predicted octanol–water partition coefficient (Wildman–Crippen LogP) is 5.81. The third-order valence-corrected chi connectivity index (χ3v) is 7.17. The van der Waals surface area contributed by atoms with Crippen LogP contribution in [0.2, 0.25) is 0 Å². The maximum absolute atomic E-state index is 13.5. The van der Waals surface area contributed by atoms with E-state index in [0.717, 1.165) is 16.8 Å². The van der Waals surface area contributed by atoms with Crippen LogP contribution in [0.1, 0.15) is 50.7 Å². The number of carbonyl (C=O) groups is 2. The summed E-state index contributed by atoms with van der Waals surface area (Å²) in [4.78, 5) is 27.1. The van der Waals surface area contributed by atoms with Crippen molar-refractivity contribution in [2.24, 2.45) is 5.41 Å². The van der Waals surface area contributed by atoms with E-state index in [2.05, 4.69) is 35.1 Å². The smallest absolute Gasteiger partial charge is 0.337 e. The molecule has 0 radical (unpaired) electrons. The molecule has 0 spiro atoms. The third kappa shape index (κ3) is 5.01. The monoisotopic (exact) mass is 539 g/mol. The van der Waals surface area contributed by atoms with Crippen molar-refractivity contribution in [3.05, 3.63) is 80.6 Å². The minimum absolute atomic E-state index is 0.0243. The summed E-state index contributed by atoms with van der Waals surface area (Å²) in [6, 6.07) is 13.2. The molecule has 0 saturated heterocycles. The number of allylic oxidation sites excluding steroid dienone is 3. The lowest BCUT2D eigenvalue weighted by Gasteiger charge is -2.39. The van der Waals surface area contributed by atoms with Crippen LogP contribution in [0.15, 0.2) is 69.5 Å². The molecule has 6 nitrogen and oxygen atoms in total. The van der Waals surface area contributed by atoms with Gasteiger partial charge in [0.25, 0.3) is 0 Å². The Morgan fingerprint density at radius 2 is 1.74 bits per heavy atom. The second-order valence-corrected chi connectivity index (χ2v) is 10.6. The Kier molecular flexibility index (Phi) is 7.08. The largest absolute Gasteiger partial charge is 0.493 e. The van der Waals surface area contributed by atoms with E-state index in [1.165, 1.54) is 0 Å². The fourth-order valence-corrected chi connectivity index (χ4v) is 5.46. The Morgan fingerprint density at radius 3 is 2.40 bits per heavy atom. The van der Waals surface area contributed by atoms with Crippen molar-refractivity contribution < 1.29 is 23.8 Å². The molecule has 0 saturated carbocycles. The Hall–Kier alpha value is -3.06. The number of halogens is 1. The first kappa shape index (κ1) is 25.0. The van der Waals surface area contributed by atoms with Crippen molar-refractivity contribution in [1.82, 2.24) is 5.32 Å². The molecule has 0 unspecified atom stereocenters. The van der Waals surface area contributed by atoms with Gasteiger partial charge in [-0.3, -0.25) is 4.79 Å². The van der Waals surface area contributed by atoms with Crippen LogP contribution < -0.4 is 14.8 Å². The average molecular weight is 540 g/mol. The lowest BCUT2D eigenvalue weighted by Crippen LogP contribution is -2.38. The topological polar surface area (TPSA) is 73.9 Å². The molecule has 2 aliphatic rings. The normalized spacial score (nSPS) is 19.1. The van der Waals surface area contributed by atoms with Crippen LogP contribution in [0, 0.1) is 5.41 Å². The zero-order valence-electron chi connectivity index (χ0n) is 20.7. The molecule has 1 aliphatic carbocycles. The zero-order chi connectivity index (χ0) is 25.3. The van der Waals surface area contributed by atoms with Crippen LogP contribution in [0.4, 0.5) is 0 Å². The van der Waals surface area contributed by atoms with E-state index in [-0.39, 0.29) is 17.8 Å². The SMILES string of the molecule is COc1cc(Br)c([C@H]2C(C(=O)OCc3ccccc3)=C(C)NC3=C2C(=O)CC(C)(C)C3)cc1OC. The number of benzene rings is 2. The highest BCUT2D eigenvalue weighted by atomic mass is 79.9. The molecule has 4 rings (SSSR count). The molecule has 1 N–H and O–H groups in total. The zero-order valence-corrected chi connectivity index (χ0v) is 22.2. The molecule has 0 aromatic heterocycles. The summed E-state index contributed by atoms with van der Waals surface area (Å²) in [6.07, 6.45) is 1.11. The lowest BCUT2D eigenvalue weighted by molar-refractivity contribution is -0.140. The number of dihydropyridines is 1. The van der Waals surface area contributed by atoms with E-state index in [4.69, 9.17) is 14.2 Å². The number of nitrogens with one attached hydrogen (secondary N) is 1. The molecular weight excluding hydrogens is 510 g/mol. The highest BCUT2D eigenvalue weighted by Gasteiger charge is 2.44. The molecule has 35 heavy (non-hydrogen) atoms. The Morgan fingerprint density at radius 1 is 1.09 bits per heavy atom. The minimum Gasteiger partial charge on any atom is -0.493 e. The standard InChI is InChI=1S/C28H30BrNO5/c1-16-24(27(32)35-15-17-9-7-6-8-10-17)25(18-11-22(33-4)23(34-5)12-19(18)29)26-20(30-16)13-28(2,3)14-21(26)31/h6-12,25,30H,13-15H2,1-5H3/t25-/m0/s1. The summed E-state index contributed by atoms with van der Waals surface area (Å²) >= 11 is 3.65. The fourth-order valence-electron chi connectivity index (χ4n) is 4.91. The number of hydrogen-bond acceptors (Lipinski definition) is 6. The molecule has 0 amide bonds. The Balaban J connectivity index is 1.82. The number of ether oxygens (including phenoxy) is 3. The van der Waals surface area contributed by atoms with Gasteiger partial charge in [0.1, 0.15) is 6.61 Å². The van der Waals surface area contributed by atoms with Crippen molar-refractivity contribution in [3.63, 3.8) is 0 Å². The van der Waals surface area contributed by atoms with Gasteiger partial charge in [0.15, 0.2) is 17.3 Å². The van der Waals surface area contributed by atoms with E-state index in [1.807, 2.05) is 43.3 Å². The second kappa shape index (κ2) is 9.90. The van der Waals surface area contributed by atoms with Gasteiger partial charge in [-0.15, -0.1) is 0 Å². The number of ketones is 1. The number of esters is 1. The van der Waals surface area contributed by atoms with Crippen LogP contribution in [0.25, 0.3) is 0 Å². The van der Waals surface area contributed by atoms with Crippen LogP contribution >= 0.6 is 15.9 Å². The van der Waals surface area contributed by atoms with Gasteiger partial charge < -0.3 is 19.5 Å². The first-order valence-corrected chi connectivity index (χ1v) is 12.3. The van der Waals surface area contributed by atoms with Gasteiger partial charge in [-0.2, -0.15) is 0 Å². The van der Waals surface area contributed by atoms with Crippen molar-refractivity contribution in [2.75, 3.05) is 14.2 Å². The predicted molar refractivity (Wildman–Crippen MR) is 137 cm³/mol. The van der Waals surface area contributed by atoms with Crippen molar-refractivity contribution >= 4 is 27.7 Å². The molecule has 1 heterocycles. The first-order chi connectivity index (χ1) is 16.6. The molecule has 184 valence electrons. The van der Waals surface area contributed by atoms with Crippen LogP contribution in [-0.4, -0.2) is 26.0 Å². The van der Waals surface area contributed by atoms with E-state index in [9.17, 15) is 9.59 Å². The Bertz CT molecular complexity index is 1230. The van der Waals surface area contributed by atoms with Crippen molar-refractivity contribution in [1.29, 1.82) is 0 Å². The van der Waals surface area contributed by atoms with Crippen LogP contribution in [0.3, 0.4) is 0 Å². The number of methoxy groups -OCH3 is 2. The molecule has 2 aromatic carbocycles. The average Bonchev–Trinajstić information content (AvgIpc) is 2.81. The van der Waals surface area contributed by atoms with Crippen molar-refractivity contribution in [3.8, 4) is 11.5 Å². The quantitative estimate of drug-likeness (QED) is 0.466. The number of rotatable bonds is 6. The van der Waals surface area contributed by atoms with E-state index >= 15 is 0 Å². The lowest BCUT2D eigenvalue weighted by atomic mass is 9.68. The summed E-state index contributed by atoms with van der Waals surface area (Å²) < 4.78 is 17.5. The maximum atomic E-state index is 13.5. The van der Waals surface area contributed by atoms with E-state index in [0.29, 0.717) is 45.7 Å². The molecule has 1 aliphatic heterocycles. The van der Waals surface area contributed by atoms with Gasteiger partial charge in [0.2, 0.25) is 0 Å². The van der Waals surface area contributed by atoms with Crippen LogP contribution in [0.5, 0.6) is 11.5 Å². The fraction of sp³-hybridized carbons (Fsp3) is 0.357. The van der Waals surface area contributed by atoms with Gasteiger partial charge in [-0.05, 0) is 42.0 Å². The summed E-state index contributed by atoms with van der Waals surface area (Å²) in [7, 11) is 3.13. The summed E-state index contributed by atoms with van der Waals surface area (Å²) in [5, 5.41) is 3.37. The highest BCUT2D eigenvalue weighted by molar-refractivity contribution is 9.10. The molecular formula is C28H30BrNO5. The van der Waals surface area contributed by atoms with Crippen LogP contribution in [-0.2, 0) is 20.9 Å². The first-order valence-electron chi connectivity index (χ1n) is 11.5. The van der Waals surface area contributed by atoms with E-state index < -0.39 is 11.9 Å². The molecule has 1 atom stereocenters. The number of hydrogen-bond donors (Lipinski definition) is 1. The second-order valence-electron chi connectivity index (χ2n) is 9.72. The van der Waals surface area contributed by atoms with Gasteiger partial charge in [0.05, 0.1) is 19.8 Å². The minimum atomic E-state index is -0.604. The van der Waals surface area contributed by atoms with Gasteiger partial charge in [-0.25, -0.2) is 4.79 Å². The molecule has 2 aromatic rings. The summed E-state index contributed by atoms with van der Waals surface area (Å²) in [6.45, 7) is 6.17. The molecule has 7 heteroatoms.